The van der Waals surface area contributed by atoms with E-state index in [-0.39, 0.29) is 24.8 Å². The van der Waals surface area contributed by atoms with Crippen molar-refractivity contribution in [2.45, 2.75) is 38.7 Å². The molecule has 1 N–H and O–H groups in total. The highest BCUT2D eigenvalue weighted by atomic mass is 19.4. The third-order valence-corrected chi connectivity index (χ3v) is 4.06. The van der Waals surface area contributed by atoms with Crippen LogP contribution in [0.4, 0.5) is 13.2 Å². The van der Waals surface area contributed by atoms with Crippen molar-refractivity contribution < 1.29 is 18.3 Å². The minimum Gasteiger partial charge on any atom is -0.396 e. The lowest BCUT2D eigenvalue weighted by atomic mass is 10.1. The number of aryl methyl sites for hydroxylation is 1. The maximum Gasteiger partial charge on any atom is 0.433 e. The molecule has 0 aliphatic heterocycles. The van der Waals surface area contributed by atoms with Crippen LogP contribution in [0.15, 0.2) is 36.5 Å². The maximum atomic E-state index is 13.2. The topological polar surface area (TPSA) is 41.3 Å². The summed E-state index contributed by atoms with van der Waals surface area (Å²) < 4.78 is 40.6. The quantitative estimate of drug-likeness (QED) is 0.841. The van der Waals surface area contributed by atoms with Gasteiger partial charge in [-0.25, -0.2) is 0 Å². The molecule has 2 rings (SSSR count). The molecule has 1 heterocycles. The van der Waals surface area contributed by atoms with E-state index in [4.69, 9.17) is 0 Å². The first-order valence-electron chi connectivity index (χ1n) is 7.79. The van der Waals surface area contributed by atoms with E-state index in [1.807, 2.05) is 42.2 Å². The van der Waals surface area contributed by atoms with Gasteiger partial charge in [0.25, 0.3) is 0 Å². The highest BCUT2D eigenvalue weighted by Gasteiger charge is 2.37. The van der Waals surface area contributed by atoms with E-state index in [1.54, 1.807) is 0 Å². The molecule has 1 aromatic carbocycles. The Labute approximate surface area is 139 Å². The molecule has 0 amide bonds. The molecule has 0 aliphatic rings. The molecule has 0 saturated carbocycles. The first kappa shape index (κ1) is 18.5. The van der Waals surface area contributed by atoms with Gasteiger partial charge in [-0.05, 0) is 18.9 Å². The van der Waals surface area contributed by atoms with Crippen LogP contribution in [0.5, 0.6) is 0 Å². The molecule has 1 aromatic heterocycles. The minimum absolute atomic E-state index is 0.00831. The standard InChI is InChI=1S/C17H22F3N3O/c1-13(8-9-24)23(11-14-6-4-3-5-7-14)12-15-10-21-22(2)16(15)17(18,19)20/h3-7,10,13,24H,8-9,11-12H2,1-2H3. The summed E-state index contributed by atoms with van der Waals surface area (Å²) in [5.74, 6) is 0. The Morgan fingerprint density at radius 3 is 2.46 bits per heavy atom. The second kappa shape index (κ2) is 7.81. The maximum absolute atomic E-state index is 13.2. The smallest absolute Gasteiger partial charge is 0.396 e. The molecule has 0 fully saturated rings. The van der Waals surface area contributed by atoms with E-state index in [0.29, 0.717) is 13.0 Å². The predicted octanol–water partition coefficient (Wildman–Crippen LogP) is 3.21. The number of aliphatic hydroxyl groups is 1. The van der Waals surface area contributed by atoms with Crippen molar-refractivity contribution in [3.8, 4) is 0 Å². The second-order valence-electron chi connectivity index (χ2n) is 5.89. The first-order valence-corrected chi connectivity index (χ1v) is 7.79. The lowest BCUT2D eigenvalue weighted by Crippen LogP contribution is -2.33. The van der Waals surface area contributed by atoms with E-state index in [1.165, 1.54) is 13.2 Å². The van der Waals surface area contributed by atoms with E-state index in [2.05, 4.69) is 5.10 Å². The molecule has 1 unspecified atom stereocenters. The van der Waals surface area contributed by atoms with E-state index in [0.717, 1.165) is 10.2 Å². The number of alkyl halides is 3. The van der Waals surface area contributed by atoms with Crippen molar-refractivity contribution in [1.29, 1.82) is 0 Å². The Hall–Kier alpha value is -1.86. The summed E-state index contributed by atoms with van der Waals surface area (Å²) in [5.41, 5.74) is 0.433. The third kappa shape index (κ3) is 4.58. The molecule has 0 bridgehead atoms. The Kier molecular flexibility index (Phi) is 6.01. The van der Waals surface area contributed by atoms with Crippen molar-refractivity contribution in [2.75, 3.05) is 6.61 Å². The Bertz CT molecular complexity index is 640. The van der Waals surface area contributed by atoms with Crippen LogP contribution < -0.4 is 0 Å². The number of hydrogen-bond acceptors (Lipinski definition) is 3. The zero-order chi connectivity index (χ0) is 17.7. The summed E-state index contributed by atoms with van der Waals surface area (Å²) in [7, 11) is 1.30. The molecule has 7 heteroatoms. The zero-order valence-electron chi connectivity index (χ0n) is 13.8. The zero-order valence-corrected chi connectivity index (χ0v) is 13.8. The number of benzene rings is 1. The number of nitrogens with zero attached hydrogens (tertiary/aromatic N) is 3. The second-order valence-corrected chi connectivity index (χ2v) is 5.89. The van der Waals surface area contributed by atoms with Crippen molar-refractivity contribution in [3.63, 3.8) is 0 Å². The van der Waals surface area contributed by atoms with Crippen molar-refractivity contribution in [1.82, 2.24) is 14.7 Å². The van der Waals surface area contributed by atoms with Crippen LogP contribution in [0, 0.1) is 0 Å². The third-order valence-electron chi connectivity index (χ3n) is 4.06. The molecule has 24 heavy (non-hydrogen) atoms. The molecular weight excluding hydrogens is 319 g/mol. The summed E-state index contributed by atoms with van der Waals surface area (Å²) in [5, 5.41) is 13.0. The predicted molar refractivity (Wildman–Crippen MR) is 85.1 cm³/mol. The molecule has 132 valence electrons. The number of aliphatic hydroxyl groups excluding tert-OH is 1. The largest absolute Gasteiger partial charge is 0.433 e. The van der Waals surface area contributed by atoms with Crippen LogP contribution in [0.25, 0.3) is 0 Å². The van der Waals surface area contributed by atoms with Crippen LogP contribution in [0.2, 0.25) is 0 Å². The van der Waals surface area contributed by atoms with Crippen LogP contribution in [0.1, 0.15) is 30.2 Å². The highest BCUT2D eigenvalue weighted by Crippen LogP contribution is 2.32. The molecule has 0 aliphatic carbocycles. The van der Waals surface area contributed by atoms with Gasteiger partial charge < -0.3 is 5.11 Å². The van der Waals surface area contributed by atoms with Crippen molar-refractivity contribution >= 4 is 0 Å². The monoisotopic (exact) mass is 341 g/mol. The van der Waals surface area contributed by atoms with Gasteiger partial charge in [0.2, 0.25) is 0 Å². The van der Waals surface area contributed by atoms with Crippen molar-refractivity contribution in [3.05, 3.63) is 53.3 Å². The van der Waals surface area contributed by atoms with Gasteiger partial charge in [-0.3, -0.25) is 9.58 Å². The van der Waals surface area contributed by atoms with Gasteiger partial charge in [0.05, 0.1) is 6.20 Å². The molecular formula is C17H22F3N3O. The Morgan fingerprint density at radius 1 is 1.21 bits per heavy atom. The van der Waals surface area contributed by atoms with E-state index < -0.39 is 11.9 Å². The van der Waals surface area contributed by atoms with Crippen LogP contribution in [0.3, 0.4) is 0 Å². The lowest BCUT2D eigenvalue weighted by Gasteiger charge is -2.29. The Morgan fingerprint density at radius 2 is 1.88 bits per heavy atom. The molecule has 2 aromatic rings. The molecule has 0 saturated heterocycles. The molecule has 0 spiro atoms. The first-order chi connectivity index (χ1) is 11.3. The normalized spacial score (nSPS) is 13.5. The number of halogens is 3. The fourth-order valence-corrected chi connectivity index (χ4v) is 2.74. The van der Waals surface area contributed by atoms with E-state index >= 15 is 0 Å². The number of rotatable bonds is 7. The van der Waals surface area contributed by atoms with Gasteiger partial charge in [-0.2, -0.15) is 18.3 Å². The van der Waals surface area contributed by atoms with Gasteiger partial charge in [0.1, 0.15) is 5.69 Å². The van der Waals surface area contributed by atoms with Gasteiger partial charge in [-0.15, -0.1) is 0 Å². The Balaban J connectivity index is 2.26. The summed E-state index contributed by atoms with van der Waals surface area (Å²) in [6, 6.07) is 9.51. The average molecular weight is 341 g/mol. The fourth-order valence-electron chi connectivity index (χ4n) is 2.74. The summed E-state index contributed by atoms with van der Waals surface area (Å²) in [6.45, 7) is 2.53. The SMILES string of the molecule is CC(CCO)N(Cc1ccccc1)Cc1cnn(C)c1C(F)(F)F. The number of hydrogen-bond donors (Lipinski definition) is 1. The van der Waals surface area contributed by atoms with Crippen LogP contribution in [-0.2, 0) is 26.3 Å². The van der Waals surface area contributed by atoms with Gasteiger partial charge >= 0.3 is 6.18 Å². The summed E-state index contributed by atoms with van der Waals surface area (Å²) in [6.07, 6.45) is -2.68. The fraction of sp³-hybridized carbons (Fsp3) is 0.471. The summed E-state index contributed by atoms with van der Waals surface area (Å²) in [4.78, 5) is 1.93. The minimum atomic E-state index is -4.45. The highest BCUT2D eigenvalue weighted by molar-refractivity contribution is 5.21. The summed E-state index contributed by atoms with van der Waals surface area (Å²) >= 11 is 0. The van der Waals surface area contributed by atoms with Crippen LogP contribution >= 0.6 is 0 Å². The molecule has 4 nitrogen and oxygen atoms in total. The van der Waals surface area contributed by atoms with Gasteiger partial charge in [-0.1, -0.05) is 30.3 Å². The number of aromatic nitrogens is 2. The van der Waals surface area contributed by atoms with Crippen LogP contribution in [-0.4, -0.2) is 32.4 Å². The molecule has 1 atom stereocenters. The lowest BCUT2D eigenvalue weighted by molar-refractivity contribution is -0.144. The average Bonchev–Trinajstić information content (AvgIpc) is 2.88. The van der Waals surface area contributed by atoms with E-state index in [9.17, 15) is 18.3 Å². The van der Waals surface area contributed by atoms with Gasteiger partial charge in [0, 0.05) is 38.3 Å². The van der Waals surface area contributed by atoms with Gasteiger partial charge in [0.15, 0.2) is 0 Å². The van der Waals surface area contributed by atoms with Crippen molar-refractivity contribution in [2.24, 2.45) is 7.05 Å². The molecule has 0 radical (unpaired) electrons.